The molecule has 0 amide bonds. The van der Waals surface area contributed by atoms with Gasteiger partial charge in [0.1, 0.15) is 5.75 Å². The van der Waals surface area contributed by atoms with Gasteiger partial charge in [-0.2, -0.15) is 0 Å². The van der Waals surface area contributed by atoms with Crippen molar-refractivity contribution in [2.45, 2.75) is 6.42 Å². The zero-order valence-corrected chi connectivity index (χ0v) is 14.4. The number of aromatic hydroxyl groups is 2. The normalized spacial score (nSPS) is 10.5. The lowest BCUT2D eigenvalue weighted by molar-refractivity contribution is -0.386. The largest absolute Gasteiger partial charge is 0.506 e. The summed E-state index contributed by atoms with van der Waals surface area (Å²) in [5, 5.41) is 41.8. The molecule has 2 N–H and O–H groups in total. The van der Waals surface area contributed by atoms with Crippen molar-refractivity contribution in [3.8, 4) is 11.5 Å². The molecule has 120 valence electrons. The van der Waals surface area contributed by atoms with Gasteiger partial charge in [-0.3, -0.25) is 20.2 Å². The van der Waals surface area contributed by atoms with E-state index in [1.54, 1.807) is 0 Å². The molecule has 0 heterocycles. The summed E-state index contributed by atoms with van der Waals surface area (Å²) >= 11 is 6.12. The minimum Gasteiger partial charge on any atom is -0.506 e. The summed E-state index contributed by atoms with van der Waals surface area (Å²) in [6.07, 6.45) is -0.127. The third-order valence-electron chi connectivity index (χ3n) is 3.05. The van der Waals surface area contributed by atoms with Gasteiger partial charge in [-0.25, -0.2) is 0 Å². The Morgan fingerprint density at radius 1 is 0.913 bits per heavy atom. The number of nitrogens with zero attached hydrogens (tertiary/aromatic N) is 2. The molecule has 0 atom stereocenters. The molecule has 0 bridgehead atoms. The molecule has 0 aromatic heterocycles. The van der Waals surface area contributed by atoms with Gasteiger partial charge in [0.25, 0.3) is 5.69 Å². The van der Waals surface area contributed by atoms with Crippen LogP contribution in [0.4, 0.5) is 11.4 Å². The van der Waals surface area contributed by atoms with Crippen molar-refractivity contribution in [2.24, 2.45) is 0 Å². The van der Waals surface area contributed by atoms with Gasteiger partial charge >= 0.3 is 5.69 Å². The van der Waals surface area contributed by atoms with Crippen LogP contribution < -0.4 is 0 Å². The minimum atomic E-state index is -0.743. The fourth-order valence-electron chi connectivity index (χ4n) is 2.00. The summed E-state index contributed by atoms with van der Waals surface area (Å²) in [5.74, 6) is -0.794. The first-order chi connectivity index (χ1) is 10.7. The fourth-order valence-corrected chi connectivity index (χ4v) is 2.98. The van der Waals surface area contributed by atoms with Gasteiger partial charge in [0, 0.05) is 40.2 Å². The maximum Gasteiger partial charge on any atom is 0.312 e. The summed E-state index contributed by atoms with van der Waals surface area (Å²) in [4.78, 5) is 20.4. The number of hydrogen-bond donors (Lipinski definition) is 2. The Hall–Kier alpha value is -2.20. The van der Waals surface area contributed by atoms with Crippen molar-refractivity contribution < 1.29 is 20.1 Å². The SMILES string of the molecule is O=[N+]([O-])c1cc(Br)c(O)c(Cc2cc(Br)cc([N+](=O)[O-])c2O)c1. The first kappa shape index (κ1) is 17.2. The number of nitro benzene ring substituents is 2. The smallest absolute Gasteiger partial charge is 0.312 e. The van der Waals surface area contributed by atoms with Crippen LogP contribution in [0.15, 0.2) is 33.2 Å². The lowest BCUT2D eigenvalue weighted by Crippen LogP contribution is -1.97. The van der Waals surface area contributed by atoms with E-state index in [0.717, 1.165) is 18.2 Å². The Morgan fingerprint density at radius 2 is 1.52 bits per heavy atom. The predicted molar refractivity (Wildman–Crippen MR) is 87.7 cm³/mol. The van der Waals surface area contributed by atoms with E-state index < -0.39 is 21.3 Å². The number of phenols is 2. The van der Waals surface area contributed by atoms with Crippen LogP contribution in [-0.4, -0.2) is 20.1 Å². The van der Waals surface area contributed by atoms with E-state index in [9.17, 15) is 30.4 Å². The Labute approximate surface area is 145 Å². The molecule has 2 rings (SSSR count). The summed E-state index contributed by atoms with van der Waals surface area (Å²) < 4.78 is 0.478. The highest BCUT2D eigenvalue weighted by molar-refractivity contribution is 9.10. The van der Waals surface area contributed by atoms with Crippen molar-refractivity contribution >= 4 is 43.2 Å². The molecular formula is C13H8Br2N2O6. The molecule has 23 heavy (non-hydrogen) atoms. The van der Waals surface area contributed by atoms with E-state index in [2.05, 4.69) is 31.9 Å². The van der Waals surface area contributed by atoms with Gasteiger partial charge in [0.2, 0.25) is 0 Å². The second-order valence-electron chi connectivity index (χ2n) is 4.56. The van der Waals surface area contributed by atoms with Gasteiger partial charge in [0.15, 0.2) is 5.75 Å². The van der Waals surface area contributed by atoms with Gasteiger partial charge in [-0.15, -0.1) is 0 Å². The molecule has 0 unspecified atom stereocenters. The molecule has 0 aliphatic rings. The topological polar surface area (TPSA) is 127 Å². The number of rotatable bonds is 4. The number of hydrogen-bond acceptors (Lipinski definition) is 6. The molecule has 0 saturated heterocycles. The second kappa shape index (κ2) is 6.50. The minimum absolute atomic E-state index is 0.116. The number of non-ortho nitro benzene ring substituents is 1. The monoisotopic (exact) mass is 446 g/mol. The molecule has 0 aliphatic heterocycles. The maximum atomic E-state index is 10.9. The highest BCUT2D eigenvalue weighted by atomic mass is 79.9. The van der Waals surface area contributed by atoms with Crippen molar-refractivity contribution in [2.75, 3.05) is 0 Å². The third kappa shape index (κ3) is 3.59. The molecular weight excluding hydrogens is 440 g/mol. The Balaban J connectivity index is 2.56. The Bertz CT molecular complexity index is 825. The highest BCUT2D eigenvalue weighted by Gasteiger charge is 2.21. The van der Waals surface area contributed by atoms with Crippen LogP contribution in [0.25, 0.3) is 0 Å². The molecule has 0 fully saturated rings. The molecule has 2 aromatic carbocycles. The standard InChI is InChI=1S/C13H8Br2N2O6/c14-8-2-6(13(19)11(4-8)17(22)23)1-7-3-9(16(20)21)5-10(15)12(7)18/h2-5,18-19H,1H2. The van der Waals surface area contributed by atoms with Crippen molar-refractivity contribution in [3.63, 3.8) is 0 Å². The van der Waals surface area contributed by atoms with Gasteiger partial charge in [0.05, 0.1) is 14.3 Å². The number of benzene rings is 2. The van der Waals surface area contributed by atoms with E-state index in [-0.39, 0.29) is 33.5 Å². The summed E-state index contributed by atoms with van der Waals surface area (Å²) in [7, 11) is 0. The molecule has 2 aromatic rings. The first-order valence-electron chi connectivity index (χ1n) is 6.02. The lowest BCUT2D eigenvalue weighted by atomic mass is 10.0. The van der Waals surface area contributed by atoms with Crippen molar-refractivity contribution in [1.29, 1.82) is 0 Å². The molecule has 0 radical (unpaired) electrons. The van der Waals surface area contributed by atoms with Crippen molar-refractivity contribution in [3.05, 3.63) is 64.6 Å². The fraction of sp³-hybridized carbons (Fsp3) is 0.0769. The van der Waals surface area contributed by atoms with Crippen LogP contribution in [0.2, 0.25) is 0 Å². The molecule has 0 saturated carbocycles. The lowest BCUT2D eigenvalue weighted by Gasteiger charge is -2.09. The quantitative estimate of drug-likeness (QED) is 0.538. The zero-order chi connectivity index (χ0) is 17.3. The van der Waals surface area contributed by atoms with Crippen LogP contribution in [0, 0.1) is 20.2 Å². The highest BCUT2D eigenvalue weighted by Crippen LogP contribution is 2.38. The molecule has 0 spiro atoms. The third-order valence-corrected chi connectivity index (χ3v) is 4.11. The number of nitro groups is 2. The average molecular weight is 448 g/mol. The zero-order valence-electron chi connectivity index (χ0n) is 11.2. The van der Waals surface area contributed by atoms with E-state index in [0.29, 0.717) is 4.47 Å². The number of halogens is 2. The Kier molecular flexibility index (Phi) is 4.85. The van der Waals surface area contributed by atoms with E-state index in [1.165, 1.54) is 6.07 Å². The summed E-state index contributed by atoms with van der Waals surface area (Å²) in [6.45, 7) is 0. The predicted octanol–water partition coefficient (Wildman–Crippen LogP) is 4.03. The van der Waals surface area contributed by atoms with Gasteiger partial charge in [-0.05, 0) is 22.0 Å². The molecule has 0 aliphatic carbocycles. The summed E-state index contributed by atoms with van der Waals surface area (Å²) in [5.41, 5.74) is -0.463. The van der Waals surface area contributed by atoms with Crippen LogP contribution in [-0.2, 0) is 6.42 Å². The van der Waals surface area contributed by atoms with Crippen LogP contribution in [0.3, 0.4) is 0 Å². The maximum absolute atomic E-state index is 10.9. The summed E-state index contributed by atoms with van der Waals surface area (Å²) in [6, 6.07) is 4.87. The molecule has 10 heteroatoms. The first-order valence-corrected chi connectivity index (χ1v) is 7.61. The average Bonchev–Trinajstić information content (AvgIpc) is 2.46. The van der Waals surface area contributed by atoms with E-state index in [4.69, 9.17) is 0 Å². The number of phenolic OH excluding ortho intramolecular Hbond substituents is 2. The van der Waals surface area contributed by atoms with E-state index in [1.807, 2.05) is 0 Å². The van der Waals surface area contributed by atoms with Crippen LogP contribution in [0.1, 0.15) is 11.1 Å². The van der Waals surface area contributed by atoms with Gasteiger partial charge in [-0.1, -0.05) is 15.9 Å². The Morgan fingerprint density at radius 3 is 2.09 bits per heavy atom. The molecule has 8 nitrogen and oxygen atoms in total. The van der Waals surface area contributed by atoms with E-state index >= 15 is 0 Å². The van der Waals surface area contributed by atoms with Gasteiger partial charge < -0.3 is 10.2 Å². The second-order valence-corrected chi connectivity index (χ2v) is 6.33. The van der Waals surface area contributed by atoms with Crippen molar-refractivity contribution in [1.82, 2.24) is 0 Å². The van der Waals surface area contributed by atoms with Crippen LogP contribution >= 0.6 is 31.9 Å². The van der Waals surface area contributed by atoms with Crippen LogP contribution in [0.5, 0.6) is 11.5 Å².